The molecule has 2 N–H and O–H groups in total. The third-order valence-electron chi connectivity index (χ3n) is 2.93. The Bertz CT molecular complexity index is 512. The van der Waals surface area contributed by atoms with Gasteiger partial charge in [-0.25, -0.2) is 4.79 Å². The molecule has 10 heteroatoms. The van der Waals surface area contributed by atoms with Crippen molar-refractivity contribution in [3.63, 3.8) is 0 Å². The van der Waals surface area contributed by atoms with Gasteiger partial charge in [0.25, 0.3) is 0 Å². The van der Waals surface area contributed by atoms with E-state index in [1.165, 1.54) is 24.3 Å². The zero-order valence-electron chi connectivity index (χ0n) is 11.1. The smallest absolute Gasteiger partial charge is 0.316 e. The topological polar surface area (TPSA) is 41.1 Å². The Labute approximate surface area is 135 Å². The summed E-state index contributed by atoms with van der Waals surface area (Å²) in [7, 11) is 0. The van der Waals surface area contributed by atoms with Crippen LogP contribution in [0, 0.1) is 3.57 Å². The zero-order valence-corrected chi connectivity index (χ0v) is 13.2. The van der Waals surface area contributed by atoms with Crippen molar-refractivity contribution in [1.82, 2.24) is 5.32 Å². The average molecular weight is 440 g/mol. The third kappa shape index (κ3) is 3.96. The average Bonchev–Trinajstić information content (AvgIpc) is 2.35. The predicted molar refractivity (Wildman–Crippen MR) is 76.4 cm³/mol. The second-order valence-electron chi connectivity index (χ2n) is 4.34. The predicted octanol–water partition coefficient (Wildman–Crippen LogP) is 4.69. The van der Waals surface area contributed by atoms with E-state index >= 15 is 0 Å². The van der Waals surface area contributed by atoms with Gasteiger partial charge in [-0.3, -0.25) is 0 Å². The van der Waals surface area contributed by atoms with Crippen LogP contribution in [-0.4, -0.2) is 23.9 Å². The number of amides is 2. The number of urea groups is 1. The summed E-state index contributed by atoms with van der Waals surface area (Å²) in [6.07, 6.45) is -12.7. The van der Waals surface area contributed by atoms with Crippen LogP contribution in [0.15, 0.2) is 24.3 Å². The van der Waals surface area contributed by atoms with Crippen molar-refractivity contribution in [2.45, 2.75) is 31.2 Å². The van der Waals surface area contributed by atoms with Gasteiger partial charge in [0.05, 0.1) is 0 Å². The van der Waals surface area contributed by atoms with E-state index in [1.54, 1.807) is 0 Å². The third-order valence-corrected chi connectivity index (χ3v) is 3.65. The van der Waals surface area contributed by atoms with Gasteiger partial charge in [0, 0.05) is 9.26 Å². The number of carbonyl (C=O) groups is 1. The number of hydrogen-bond acceptors (Lipinski definition) is 1. The molecule has 0 fully saturated rings. The molecule has 2 amide bonds. The lowest BCUT2D eigenvalue weighted by Gasteiger charge is -2.37. The summed E-state index contributed by atoms with van der Waals surface area (Å²) in [4.78, 5) is 11.5. The standard InChI is InChI=1S/C12H11F6IN2O/c1-2-10(11(13,14)15,12(16,17)18)21-9(22)20-8-5-3-7(19)4-6-8/h3-6H,2H2,1H3,(H2,20,21,22). The van der Waals surface area contributed by atoms with Crippen molar-refractivity contribution in [3.05, 3.63) is 27.8 Å². The molecule has 0 bridgehead atoms. The molecule has 1 rings (SSSR count). The van der Waals surface area contributed by atoms with Crippen LogP contribution >= 0.6 is 22.6 Å². The van der Waals surface area contributed by atoms with Crippen molar-refractivity contribution in [3.8, 4) is 0 Å². The fourth-order valence-electron chi connectivity index (χ4n) is 1.68. The van der Waals surface area contributed by atoms with Crippen LogP contribution in [0.4, 0.5) is 36.8 Å². The Kier molecular flexibility index (Phi) is 5.57. The van der Waals surface area contributed by atoms with E-state index in [9.17, 15) is 31.1 Å². The first-order chi connectivity index (χ1) is 9.93. The Morgan fingerprint density at radius 3 is 1.86 bits per heavy atom. The molecule has 0 atom stereocenters. The summed E-state index contributed by atoms with van der Waals surface area (Å²) in [5.41, 5.74) is -4.22. The van der Waals surface area contributed by atoms with Gasteiger partial charge in [-0.05, 0) is 53.3 Å². The maximum Gasteiger partial charge on any atom is 0.420 e. The van der Waals surface area contributed by atoms with E-state index in [0.29, 0.717) is 6.92 Å². The molecule has 0 saturated carbocycles. The quantitative estimate of drug-likeness (QED) is 0.520. The van der Waals surface area contributed by atoms with E-state index < -0.39 is 30.3 Å². The summed E-state index contributed by atoms with van der Waals surface area (Å²) in [5.74, 6) is 0. The number of alkyl halides is 6. The van der Waals surface area contributed by atoms with Crippen LogP contribution in [0.25, 0.3) is 0 Å². The van der Waals surface area contributed by atoms with E-state index in [4.69, 9.17) is 0 Å². The molecule has 124 valence electrons. The lowest BCUT2D eigenvalue weighted by molar-refractivity contribution is -0.304. The Balaban J connectivity index is 3.00. The molecule has 0 radical (unpaired) electrons. The minimum absolute atomic E-state index is 0.0762. The van der Waals surface area contributed by atoms with Gasteiger partial charge in [-0.15, -0.1) is 0 Å². The van der Waals surface area contributed by atoms with Gasteiger partial charge < -0.3 is 10.6 Å². The Morgan fingerprint density at radius 2 is 1.50 bits per heavy atom. The Hall–Kier alpha value is -1.20. The van der Waals surface area contributed by atoms with Gasteiger partial charge in [-0.2, -0.15) is 26.3 Å². The number of carbonyl (C=O) groups excluding carboxylic acids is 1. The molecule has 22 heavy (non-hydrogen) atoms. The van der Waals surface area contributed by atoms with Crippen molar-refractivity contribution in [2.75, 3.05) is 5.32 Å². The van der Waals surface area contributed by atoms with E-state index in [-0.39, 0.29) is 5.69 Å². The number of hydrogen-bond donors (Lipinski definition) is 2. The maximum absolute atomic E-state index is 12.9. The number of anilines is 1. The zero-order chi connectivity index (χ0) is 17.2. The van der Waals surface area contributed by atoms with Crippen LogP contribution in [0.1, 0.15) is 13.3 Å². The fraction of sp³-hybridized carbons (Fsp3) is 0.417. The summed E-state index contributed by atoms with van der Waals surface area (Å²) < 4.78 is 77.9. The summed E-state index contributed by atoms with van der Waals surface area (Å²) in [6.45, 7) is 0.701. The lowest BCUT2D eigenvalue weighted by Crippen LogP contribution is -2.67. The van der Waals surface area contributed by atoms with Crippen LogP contribution in [0.3, 0.4) is 0 Å². The van der Waals surface area contributed by atoms with Crippen LogP contribution in [0.5, 0.6) is 0 Å². The van der Waals surface area contributed by atoms with E-state index in [1.807, 2.05) is 27.9 Å². The number of rotatable bonds is 3. The van der Waals surface area contributed by atoms with Crippen molar-refractivity contribution < 1.29 is 31.1 Å². The van der Waals surface area contributed by atoms with Gasteiger partial charge in [0.2, 0.25) is 5.54 Å². The Morgan fingerprint density at radius 1 is 1.05 bits per heavy atom. The first kappa shape index (κ1) is 18.8. The van der Waals surface area contributed by atoms with Crippen LogP contribution in [-0.2, 0) is 0 Å². The molecule has 0 aliphatic carbocycles. The minimum atomic E-state index is -5.68. The van der Waals surface area contributed by atoms with Crippen molar-refractivity contribution >= 4 is 34.3 Å². The monoisotopic (exact) mass is 440 g/mol. The molecule has 0 saturated heterocycles. The molecule has 0 aliphatic rings. The molecule has 0 heterocycles. The molecule has 0 unspecified atom stereocenters. The highest BCUT2D eigenvalue weighted by Gasteiger charge is 2.70. The van der Waals surface area contributed by atoms with E-state index in [0.717, 1.165) is 8.89 Å². The summed E-state index contributed by atoms with van der Waals surface area (Å²) in [6, 6.07) is 4.21. The van der Waals surface area contributed by atoms with Crippen molar-refractivity contribution in [2.24, 2.45) is 0 Å². The minimum Gasteiger partial charge on any atom is -0.316 e. The highest BCUT2D eigenvalue weighted by Crippen LogP contribution is 2.45. The first-order valence-corrected chi connectivity index (χ1v) is 6.99. The molecule has 0 aliphatic heterocycles. The first-order valence-electron chi connectivity index (χ1n) is 5.91. The SMILES string of the molecule is CCC(NC(=O)Nc1ccc(I)cc1)(C(F)(F)F)C(F)(F)F. The molecule has 3 nitrogen and oxygen atoms in total. The highest BCUT2D eigenvalue weighted by atomic mass is 127. The van der Waals surface area contributed by atoms with Gasteiger partial charge in [0.1, 0.15) is 0 Å². The van der Waals surface area contributed by atoms with Gasteiger partial charge in [-0.1, -0.05) is 6.92 Å². The second kappa shape index (κ2) is 6.50. The maximum atomic E-state index is 12.9. The van der Waals surface area contributed by atoms with Gasteiger partial charge in [0.15, 0.2) is 0 Å². The molecule has 1 aromatic carbocycles. The van der Waals surface area contributed by atoms with E-state index in [2.05, 4.69) is 0 Å². The molecule has 1 aromatic rings. The molecule has 0 aromatic heterocycles. The molecular formula is C12H11F6IN2O. The highest BCUT2D eigenvalue weighted by molar-refractivity contribution is 14.1. The largest absolute Gasteiger partial charge is 0.420 e. The number of benzene rings is 1. The lowest BCUT2D eigenvalue weighted by atomic mass is 9.94. The fourth-order valence-corrected chi connectivity index (χ4v) is 2.04. The molecular weight excluding hydrogens is 429 g/mol. The van der Waals surface area contributed by atoms with Crippen molar-refractivity contribution in [1.29, 1.82) is 0 Å². The number of halogens is 7. The van der Waals surface area contributed by atoms with Crippen LogP contribution in [0.2, 0.25) is 0 Å². The molecule has 0 spiro atoms. The number of nitrogens with one attached hydrogen (secondary N) is 2. The van der Waals surface area contributed by atoms with Gasteiger partial charge >= 0.3 is 18.4 Å². The normalized spacial score (nSPS) is 12.9. The van der Waals surface area contributed by atoms with Crippen LogP contribution < -0.4 is 10.6 Å². The summed E-state index contributed by atoms with van der Waals surface area (Å²) >= 11 is 1.95. The second-order valence-corrected chi connectivity index (χ2v) is 5.59. The summed E-state index contributed by atoms with van der Waals surface area (Å²) in [5, 5.41) is 2.97.